The smallest absolute Gasteiger partial charge is 0.407 e. The maximum absolute atomic E-state index is 11.2. The molecule has 2 saturated heterocycles. The first-order valence-electron chi connectivity index (χ1n) is 8.08. The molecule has 2 aliphatic heterocycles. The van der Waals surface area contributed by atoms with E-state index in [4.69, 9.17) is 4.74 Å². The van der Waals surface area contributed by atoms with Crippen molar-refractivity contribution in [1.29, 1.82) is 0 Å². The lowest BCUT2D eigenvalue weighted by molar-refractivity contribution is 0.137. The van der Waals surface area contributed by atoms with E-state index in [1.165, 1.54) is 0 Å². The van der Waals surface area contributed by atoms with Crippen molar-refractivity contribution in [3.63, 3.8) is 0 Å². The number of hydrogen-bond acceptors (Lipinski definition) is 4. The molecule has 0 unspecified atom stereocenters. The number of likely N-dealkylation sites (tertiary alicyclic amines) is 1. The Labute approximate surface area is 140 Å². The van der Waals surface area contributed by atoms with Gasteiger partial charge >= 0.3 is 6.09 Å². The Morgan fingerprint density at radius 1 is 1.21 bits per heavy atom. The quantitative estimate of drug-likeness (QED) is 0.936. The molecule has 24 heavy (non-hydrogen) atoms. The number of aromatic nitrogens is 1. The third kappa shape index (κ3) is 2.75. The predicted octanol–water partition coefficient (Wildman–Crippen LogP) is 2.60. The molecule has 0 spiro atoms. The average Bonchev–Trinajstić information content (AvgIpc) is 3.22. The van der Waals surface area contributed by atoms with Crippen LogP contribution in [0.2, 0.25) is 0 Å². The molecule has 1 N–H and O–H groups in total. The summed E-state index contributed by atoms with van der Waals surface area (Å²) in [7, 11) is 0. The Hall–Kier alpha value is -2.76. The molecular formula is C18H19N3O3. The number of rotatable bonds is 4. The van der Waals surface area contributed by atoms with Crippen LogP contribution in [0, 0.1) is 0 Å². The molecule has 1 aromatic heterocycles. The van der Waals surface area contributed by atoms with Crippen molar-refractivity contribution < 1.29 is 14.6 Å². The molecule has 4 rings (SSSR count). The normalized spacial score (nSPS) is 22.0. The van der Waals surface area contributed by atoms with Crippen LogP contribution in [0.3, 0.4) is 0 Å². The zero-order valence-corrected chi connectivity index (χ0v) is 13.2. The SMILES string of the molecule is O=C(O)N1C[C@H]2C[C@@H]1CN2c1cncc(OCc2ccccc2)c1. The van der Waals surface area contributed by atoms with Crippen LogP contribution in [0.25, 0.3) is 0 Å². The number of benzene rings is 1. The van der Waals surface area contributed by atoms with Crippen LogP contribution in [-0.2, 0) is 6.61 Å². The van der Waals surface area contributed by atoms with Crippen LogP contribution in [-0.4, -0.2) is 46.3 Å². The summed E-state index contributed by atoms with van der Waals surface area (Å²) in [6.07, 6.45) is 3.60. The van der Waals surface area contributed by atoms with Gasteiger partial charge in [0.05, 0.1) is 24.1 Å². The van der Waals surface area contributed by atoms with Gasteiger partial charge in [0.1, 0.15) is 12.4 Å². The lowest BCUT2D eigenvalue weighted by Gasteiger charge is -2.34. The van der Waals surface area contributed by atoms with Crippen molar-refractivity contribution in [2.75, 3.05) is 18.0 Å². The molecule has 124 valence electrons. The first kappa shape index (κ1) is 14.8. The van der Waals surface area contributed by atoms with E-state index < -0.39 is 6.09 Å². The summed E-state index contributed by atoms with van der Waals surface area (Å²) in [5.74, 6) is 0.731. The molecule has 2 aromatic rings. The minimum absolute atomic E-state index is 0.0846. The van der Waals surface area contributed by atoms with Crippen LogP contribution in [0.1, 0.15) is 12.0 Å². The fourth-order valence-corrected chi connectivity index (χ4v) is 3.60. The van der Waals surface area contributed by atoms with Gasteiger partial charge in [-0.25, -0.2) is 4.79 Å². The molecule has 2 aliphatic rings. The molecule has 2 bridgehead atoms. The Bertz CT molecular complexity index is 737. The number of nitrogens with zero attached hydrogens (tertiary/aromatic N) is 3. The van der Waals surface area contributed by atoms with E-state index in [-0.39, 0.29) is 12.1 Å². The highest BCUT2D eigenvalue weighted by atomic mass is 16.5. The predicted molar refractivity (Wildman–Crippen MR) is 89.3 cm³/mol. The lowest BCUT2D eigenvalue weighted by Crippen LogP contribution is -2.48. The van der Waals surface area contributed by atoms with Crippen molar-refractivity contribution in [3.05, 3.63) is 54.4 Å². The van der Waals surface area contributed by atoms with Gasteiger partial charge < -0.3 is 19.6 Å². The Morgan fingerprint density at radius 2 is 2.04 bits per heavy atom. The number of carbonyl (C=O) groups is 1. The van der Waals surface area contributed by atoms with Gasteiger partial charge in [-0.05, 0) is 12.0 Å². The van der Waals surface area contributed by atoms with Crippen molar-refractivity contribution in [1.82, 2.24) is 9.88 Å². The number of ether oxygens (including phenoxy) is 1. The third-order valence-corrected chi connectivity index (χ3v) is 4.76. The van der Waals surface area contributed by atoms with Crippen molar-refractivity contribution in [2.24, 2.45) is 0 Å². The molecule has 2 fully saturated rings. The van der Waals surface area contributed by atoms with Gasteiger partial charge in [-0.3, -0.25) is 4.98 Å². The summed E-state index contributed by atoms with van der Waals surface area (Å²) in [6, 6.07) is 12.3. The summed E-state index contributed by atoms with van der Waals surface area (Å²) >= 11 is 0. The van der Waals surface area contributed by atoms with Crippen LogP contribution >= 0.6 is 0 Å². The first-order chi connectivity index (χ1) is 11.7. The summed E-state index contributed by atoms with van der Waals surface area (Å²) in [5, 5.41) is 9.19. The highest BCUT2D eigenvalue weighted by Crippen LogP contribution is 2.35. The largest absolute Gasteiger partial charge is 0.487 e. The zero-order chi connectivity index (χ0) is 16.5. The molecule has 6 heteroatoms. The van der Waals surface area contributed by atoms with E-state index in [0.717, 1.165) is 30.0 Å². The minimum Gasteiger partial charge on any atom is -0.487 e. The Balaban J connectivity index is 1.43. The van der Waals surface area contributed by atoms with Gasteiger partial charge in [-0.15, -0.1) is 0 Å². The highest BCUT2D eigenvalue weighted by Gasteiger charge is 2.45. The number of amides is 1. The van der Waals surface area contributed by atoms with Gasteiger partial charge in [0.15, 0.2) is 0 Å². The van der Waals surface area contributed by atoms with E-state index in [1.807, 2.05) is 42.6 Å². The number of pyridine rings is 1. The van der Waals surface area contributed by atoms with Crippen LogP contribution < -0.4 is 9.64 Å². The molecule has 3 heterocycles. The van der Waals surface area contributed by atoms with E-state index >= 15 is 0 Å². The van der Waals surface area contributed by atoms with Crippen LogP contribution in [0.4, 0.5) is 10.5 Å². The summed E-state index contributed by atoms with van der Waals surface area (Å²) in [4.78, 5) is 19.3. The molecule has 6 nitrogen and oxygen atoms in total. The molecule has 1 amide bonds. The van der Waals surface area contributed by atoms with Crippen LogP contribution in [0.5, 0.6) is 5.75 Å². The van der Waals surface area contributed by atoms with Crippen molar-refractivity contribution in [2.45, 2.75) is 25.1 Å². The average molecular weight is 325 g/mol. The molecule has 0 radical (unpaired) electrons. The second-order valence-corrected chi connectivity index (χ2v) is 6.28. The fourth-order valence-electron chi connectivity index (χ4n) is 3.60. The monoisotopic (exact) mass is 325 g/mol. The standard InChI is InChI=1S/C18H19N3O3/c22-18(23)21-11-15-6-16(21)10-20(15)14-7-17(9-19-8-14)24-12-13-4-2-1-3-5-13/h1-5,7-9,15-16H,6,10-12H2,(H,22,23)/t15-,16-/m1/s1. The van der Waals surface area contributed by atoms with Crippen molar-refractivity contribution in [3.8, 4) is 5.75 Å². The highest BCUT2D eigenvalue weighted by molar-refractivity contribution is 5.67. The van der Waals surface area contributed by atoms with Gasteiger partial charge in [0.25, 0.3) is 0 Å². The Morgan fingerprint density at radius 3 is 2.75 bits per heavy atom. The third-order valence-electron chi connectivity index (χ3n) is 4.76. The van der Waals surface area contributed by atoms with E-state index in [9.17, 15) is 9.90 Å². The van der Waals surface area contributed by atoms with E-state index in [1.54, 1.807) is 11.1 Å². The first-order valence-corrected chi connectivity index (χ1v) is 8.08. The number of carboxylic acid groups (broad SMARTS) is 1. The fraction of sp³-hybridized carbons (Fsp3) is 0.333. The summed E-state index contributed by atoms with van der Waals surface area (Å²) < 4.78 is 5.84. The van der Waals surface area contributed by atoms with Gasteiger partial charge in [0.2, 0.25) is 0 Å². The maximum Gasteiger partial charge on any atom is 0.407 e. The minimum atomic E-state index is -0.819. The number of hydrogen-bond donors (Lipinski definition) is 1. The van der Waals surface area contributed by atoms with Crippen molar-refractivity contribution >= 4 is 11.8 Å². The molecule has 0 saturated carbocycles. The number of anilines is 1. The molecule has 0 aliphatic carbocycles. The second-order valence-electron chi connectivity index (χ2n) is 6.28. The van der Waals surface area contributed by atoms with Gasteiger partial charge in [-0.2, -0.15) is 0 Å². The topological polar surface area (TPSA) is 65.9 Å². The second kappa shape index (κ2) is 6.03. The lowest BCUT2D eigenvalue weighted by atomic mass is 10.2. The maximum atomic E-state index is 11.2. The number of fused-ring (bicyclic) bond motifs is 2. The van der Waals surface area contributed by atoms with E-state index in [2.05, 4.69) is 9.88 Å². The Kier molecular flexibility index (Phi) is 3.72. The van der Waals surface area contributed by atoms with Gasteiger partial charge in [-0.1, -0.05) is 30.3 Å². The zero-order valence-electron chi connectivity index (χ0n) is 13.2. The summed E-state index contributed by atoms with van der Waals surface area (Å²) in [6.45, 7) is 1.79. The van der Waals surface area contributed by atoms with Gasteiger partial charge in [0, 0.05) is 25.2 Å². The summed E-state index contributed by atoms with van der Waals surface area (Å²) in [5.41, 5.74) is 2.11. The van der Waals surface area contributed by atoms with E-state index in [0.29, 0.717) is 13.2 Å². The molecule has 2 atom stereocenters. The van der Waals surface area contributed by atoms with Crippen LogP contribution in [0.15, 0.2) is 48.8 Å². The molecule has 1 aromatic carbocycles. The molecular weight excluding hydrogens is 306 g/mol. The number of piperazine rings is 1.